The third-order valence-electron chi connectivity index (χ3n) is 2.40. The summed E-state index contributed by atoms with van der Waals surface area (Å²) in [6.07, 6.45) is 1.98. The van der Waals surface area contributed by atoms with Crippen LogP contribution in [0.3, 0.4) is 0 Å². The first-order chi connectivity index (χ1) is 6.31. The second kappa shape index (κ2) is 3.63. The van der Waals surface area contributed by atoms with Gasteiger partial charge in [0, 0.05) is 18.3 Å². The van der Waals surface area contributed by atoms with Crippen LogP contribution in [0.25, 0.3) is 0 Å². The fraction of sp³-hybridized carbons (Fsp3) is 0.727. The number of thiocarbonyl (C=S) groups is 1. The number of hydrogen-bond donors (Lipinski definition) is 1. The van der Waals surface area contributed by atoms with Crippen LogP contribution >= 0.6 is 12.2 Å². The zero-order valence-corrected chi connectivity index (χ0v) is 10.4. The van der Waals surface area contributed by atoms with Crippen LogP contribution in [0, 0.1) is 0 Å². The van der Waals surface area contributed by atoms with Gasteiger partial charge in [-0.1, -0.05) is 12.2 Å². The molecule has 1 rings (SSSR count). The highest BCUT2D eigenvalue weighted by atomic mass is 32.1. The van der Waals surface area contributed by atoms with E-state index in [0.29, 0.717) is 0 Å². The summed E-state index contributed by atoms with van der Waals surface area (Å²) in [6.45, 7) is 11.1. The quantitative estimate of drug-likeness (QED) is 0.562. The standard InChI is InChI=1S/C11H19NOS/c1-6-12-7-8-9(14)11(4,5)13-10(8,2)3/h7,12H,6H2,1-5H3/b8-7+. The van der Waals surface area contributed by atoms with E-state index in [1.54, 1.807) is 0 Å². The third kappa shape index (κ3) is 1.98. The van der Waals surface area contributed by atoms with Crippen LogP contribution in [-0.4, -0.2) is 22.6 Å². The van der Waals surface area contributed by atoms with E-state index in [2.05, 4.69) is 26.1 Å². The maximum Gasteiger partial charge on any atom is 0.0991 e. The second-order valence-corrected chi connectivity index (χ2v) is 4.98. The molecule has 80 valence electrons. The van der Waals surface area contributed by atoms with Crippen LogP contribution in [-0.2, 0) is 4.74 Å². The van der Waals surface area contributed by atoms with Gasteiger partial charge in [-0.3, -0.25) is 0 Å². The average Bonchev–Trinajstić information content (AvgIpc) is 2.16. The number of nitrogens with one attached hydrogen (secondary N) is 1. The van der Waals surface area contributed by atoms with Gasteiger partial charge in [0.15, 0.2) is 0 Å². The topological polar surface area (TPSA) is 21.3 Å². The Morgan fingerprint density at radius 2 is 1.86 bits per heavy atom. The minimum absolute atomic E-state index is 0.275. The lowest BCUT2D eigenvalue weighted by Gasteiger charge is -2.22. The van der Waals surface area contributed by atoms with E-state index >= 15 is 0 Å². The summed E-state index contributed by atoms with van der Waals surface area (Å²) in [5.74, 6) is 0. The smallest absolute Gasteiger partial charge is 0.0991 e. The highest BCUT2D eigenvalue weighted by Crippen LogP contribution is 2.39. The van der Waals surface area contributed by atoms with Gasteiger partial charge < -0.3 is 10.1 Å². The summed E-state index contributed by atoms with van der Waals surface area (Å²) in [4.78, 5) is 0.906. The Balaban J connectivity index is 3.00. The predicted molar refractivity (Wildman–Crippen MR) is 63.6 cm³/mol. The molecule has 0 aliphatic carbocycles. The van der Waals surface area contributed by atoms with Crippen molar-refractivity contribution in [3.63, 3.8) is 0 Å². The van der Waals surface area contributed by atoms with Gasteiger partial charge in [-0.25, -0.2) is 0 Å². The molecule has 0 aromatic heterocycles. The van der Waals surface area contributed by atoms with Crippen molar-refractivity contribution in [3.05, 3.63) is 11.8 Å². The molecule has 1 aliphatic rings. The highest BCUT2D eigenvalue weighted by molar-refractivity contribution is 7.81. The first kappa shape index (κ1) is 11.7. The average molecular weight is 213 g/mol. The van der Waals surface area contributed by atoms with Crippen molar-refractivity contribution in [3.8, 4) is 0 Å². The fourth-order valence-corrected chi connectivity index (χ4v) is 2.13. The predicted octanol–water partition coefficient (Wildman–Crippen LogP) is 2.44. The number of rotatable bonds is 2. The van der Waals surface area contributed by atoms with Gasteiger partial charge in [0.2, 0.25) is 0 Å². The Morgan fingerprint density at radius 3 is 2.21 bits per heavy atom. The van der Waals surface area contributed by atoms with Gasteiger partial charge in [0.05, 0.1) is 16.1 Å². The van der Waals surface area contributed by atoms with E-state index in [4.69, 9.17) is 17.0 Å². The maximum atomic E-state index is 5.91. The van der Waals surface area contributed by atoms with E-state index < -0.39 is 0 Å². The van der Waals surface area contributed by atoms with E-state index in [1.165, 1.54) is 0 Å². The van der Waals surface area contributed by atoms with Gasteiger partial charge in [0.1, 0.15) is 0 Å². The molecular formula is C11H19NOS. The Hall–Kier alpha value is -0.410. The van der Waals surface area contributed by atoms with Crippen molar-refractivity contribution in [1.82, 2.24) is 5.32 Å². The zero-order chi connectivity index (χ0) is 11.0. The van der Waals surface area contributed by atoms with Crippen molar-refractivity contribution in [2.24, 2.45) is 0 Å². The molecule has 0 aromatic rings. The van der Waals surface area contributed by atoms with Crippen LogP contribution in [0.1, 0.15) is 34.6 Å². The lowest BCUT2D eigenvalue weighted by Crippen LogP contribution is -2.28. The molecule has 0 spiro atoms. The number of ether oxygens (including phenoxy) is 1. The molecule has 1 heterocycles. The Labute approximate surface area is 91.7 Å². The molecule has 1 saturated heterocycles. The summed E-state index contributed by atoms with van der Waals surface area (Å²) < 4.78 is 5.91. The molecule has 1 fully saturated rings. The minimum atomic E-state index is -0.319. The second-order valence-electron chi connectivity index (χ2n) is 4.57. The lowest BCUT2D eigenvalue weighted by atomic mass is 9.94. The summed E-state index contributed by atoms with van der Waals surface area (Å²) >= 11 is 5.41. The van der Waals surface area contributed by atoms with Gasteiger partial charge in [-0.2, -0.15) is 0 Å². The van der Waals surface area contributed by atoms with Crippen LogP contribution in [0.2, 0.25) is 0 Å². The minimum Gasteiger partial charge on any atom is -0.391 e. The SMILES string of the molecule is CCN/C=C1\C(=S)C(C)(C)OC1(C)C. The highest BCUT2D eigenvalue weighted by Gasteiger charge is 2.46. The summed E-state index contributed by atoms with van der Waals surface area (Å²) in [6, 6.07) is 0. The van der Waals surface area contributed by atoms with Crippen molar-refractivity contribution < 1.29 is 4.74 Å². The summed E-state index contributed by atoms with van der Waals surface area (Å²) in [5.41, 5.74) is 0.502. The van der Waals surface area contributed by atoms with Gasteiger partial charge in [-0.15, -0.1) is 0 Å². The molecule has 0 unspecified atom stereocenters. The van der Waals surface area contributed by atoms with Crippen molar-refractivity contribution in [2.45, 2.75) is 45.8 Å². The van der Waals surface area contributed by atoms with Crippen LogP contribution < -0.4 is 5.32 Å². The molecule has 1 aliphatic heterocycles. The molecule has 0 saturated carbocycles. The summed E-state index contributed by atoms with van der Waals surface area (Å²) in [5, 5.41) is 3.18. The zero-order valence-electron chi connectivity index (χ0n) is 9.60. The molecule has 0 bridgehead atoms. The Kier molecular flexibility index (Phi) is 3.02. The van der Waals surface area contributed by atoms with Gasteiger partial charge in [-0.05, 0) is 34.6 Å². The van der Waals surface area contributed by atoms with E-state index in [0.717, 1.165) is 17.0 Å². The first-order valence-corrected chi connectivity index (χ1v) is 5.41. The monoisotopic (exact) mass is 213 g/mol. The van der Waals surface area contributed by atoms with Crippen LogP contribution in [0.15, 0.2) is 11.8 Å². The Morgan fingerprint density at radius 1 is 1.29 bits per heavy atom. The van der Waals surface area contributed by atoms with Crippen molar-refractivity contribution >= 4 is 17.1 Å². The van der Waals surface area contributed by atoms with Crippen molar-refractivity contribution in [1.29, 1.82) is 0 Å². The fourth-order valence-electron chi connectivity index (χ4n) is 1.78. The van der Waals surface area contributed by atoms with E-state index in [9.17, 15) is 0 Å². The molecule has 0 amide bonds. The molecule has 2 nitrogen and oxygen atoms in total. The molecule has 0 radical (unpaired) electrons. The normalized spacial score (nSPS) is 26.9. The van der Waals surface area contributed by atoms with Crippen molar-refractivity contribution in [2.75, 3.05) is 6.54 Å². The van der Waals surface area contributed by atoms with E-state index in [-0.39, 0.29) is 11.2 Å². The van der Waals surface area contributed by atoms with Gasteiger partial charge >= 0.3 is 0 Å². The largest absolute Gasteiger partial charge is 0.391 e. The lowest BCUT2D eigenvalue weighted by molar-refractivity contribution is -0.0371. The third-order valence-corrected chi connectivity index (χ3v) is 3.11. The Bertz CT molecular complexity index is 279. The van der Waals surface area contributed by atoms with Crippen LogP contribution in [0.4, 0.5) is 0 Å². The molecular weight excluding hydrogens is 194 g/mol. The molecule has 14 heavy (non-hydrogen) atoms. The molecule has 0 aromatic carbocycles. The first-order valence-electron chi connectivity index (χ1n) is 5.00. The molecule has 3 heteroatoms. The molecule has 1 N–H and O–H groups in total. The molecule has 0 atom stereocenters. The van der Waals surface area contributed by atoms with Gasteiger partial charge in [0.25, 0.3) is 0 Å². The van der Waals surface area contributed by atoms with Crippen LogP contribution in [0.5, 0.6) is 0 Å². The number of hydrogen-bond acceptors (Lipinski definition) is 3. The maximum absolute atomic E-state index is 5.91. The summed E-state index contributed by atoms with van der Waals surface area (Å²) in [7, 11) is 0. The van der Waals surface area contributed by atoms with E-state index in [1.807, 2.05) is 20.0 Å².